The Labute approximate surface area is 186 Å². The number of pyridine rings is 1. The molecule has 0 aliphatic rings. The Morgan fingerprint density at radius 1 is 1.12 bits per heavy atom. The van der Waals surface area contributed by atoms with Gasteiger partial charge in [-0.3, -0.25) is 9.78 Å². The Morgan fingerprint density at radius 2 is 2.03 bits per heavy atom. The molecule has 4 aromatic rings. The molecule has 32 heavy (non-hydrogen) atoms. The van der Waals surface area contributed by atoms with Crippen molar-refractivity contribution in [1.82, 2.24) is 20.1 Å². The van der Waals surface area contributed by atoms with Crippen LogP contribution in [0, 0.1) is 0 Å². The van der Waals surface area contributed by atoms with Crippen LogP contribution in [0.5, 0.6) is 0 Å². The van der Waals surface area contributed by atoms with Crippen LogP contribution in [0.3, 0.4) is 0 Å². The van der Waals surface area contributed by atoms with Crippen LogP contribution < -0.4 is 5.32 Å². The van der Waals surface area contributed by atoms with Crippen molar-refractivity contribution in [3.05, 3.63) is 96.9 Å². The first kappa shape index (κ1) is 21.3. The van der Waals surface area contributed by atoms with Gasteiger partial charge in [0.15, 0.2) is 0 Å². The second-order valence-electron chi connectivity index (χ2n) is 7.06. The van der Waals surface area contributed by atoms with Gasteiger partial charge in [-0.25, -0.2) is 4.68 Å². The van der Waals surface area contributed by atoms with Crippen LogP contribution in [-0.4, -0.2) is 33.8 Å². The SMILES string of the molecule is O=C(C=Cc1cn(-c2ccccc2)nc1-c1cccnc1)NCCCOCc1ccco1. The number of ether oxygens (including phenoxy) is 1. The van der Waals surface area contributed by atoms with Crippen molar-refractivity contribution in [3.63, 3.8) is 0 Å². The fraction of sp³-hybridized carbons (Fsp3) is 0.160. The van der Waals surface area contributed by atoms with Gasteiger partial charge in [0, 0.05) is 48.9 Å². The molecule has 0 saturated carbocycles. The first-order chi connectivity index (χ1) is 15.8. The highest BCUT2D eigenvalue weighted by atomic mass is 16.5. The molecule has 0 unspecified atom stereocenters. The fourth-order valence-corrected chi connectivity index (χ4v) is 3.13. The third kappa shape index (κ3) is 5.80. The van der Waals surface area contributed by atoms with Crippen molar-refractivity contribution >= 4 is 12.0 Å². The molecule has 0 bridgehead atoms. The zero-order valence-corrected chi connectivity index (χ0v) is 17.6. The van der Waals surface area contributed by atoms with Crippen LogP contribution in [0.25, 0.3) is 23.0 Å². The van der Waals surface area contributed by atoms with E-state index in [2.05, 4.69) is 10.3 Å². The van der Waals surface area contributed by atoms with Crippen LogP contribution in [0.15, 0.2) is 89.9 Å². The number of nitrogens with one attached hydrogen (secondary N) is 1. The summed E-state index contributed by atoms with van der Waals surface area (Å²) in [6.07, 6.45) is 11.0. The molecule has 0 aliphatic carbocycles. The summed E-state index contributed by atoms with van der Waals surface area (Å²) < 4.78 is 12.5. The smallest absolute Gasteiger partial charge is 0.244 e. The highest BCUT2D eigenvalue weighted by Crippen LogP contribution is 2.24. The molecule has 0 spiro atoms. The molecule has 0 atom stereocenters. The molecule has 7 heteroatoms. The molecule has 0 fully saturated rings. The predicted octanol–water partition coefficient (Wildman–Crippen LogP) is 4.26. The summed E-state index contributed by atoms with van der Waals surface area (Å²) in [5.74, 6) is 0.623. The van der Waals surface area contributed by atoms with Crippen LogP contribution in [0.2, 0.25) is 0 Å². The van der Waals surface area contributed by atoms with Crippen LogP contribution in [0.1, 0.15) is 17.7 Å². The number of carbonyl (C=O) groups is 1. The first-order valence-electron chi connectivity index (χ1n) is 10.4. The topological polar surface area (TPSA) is 82.2 Å². The third-order valence-electron chi connectivity index (χ3n) is 4.70. The molecule has 0 saturated heterocycles. The van der Waals surface area contributed by atoms with Crippen molar-refractivity contribution in [3.8, 4) is 16.9 Å². The molecule has 1 aromatic carbocycles. The van der Waals surface area contributed by atoms with Gasteiger partial charge in [0.25, 0.3) is 0 Å². The molecular weight excluding hydrogens is 404 g/mol. The number of hydrogen-bond donors (Lipinski definition) is 1. The first-order valence-corrected chi connectivity index (χ1v) is 10.4. The van der Waals surface area contributed by atoms with E-state index in [0.29, 0.717) is 26.2 Å². The van der Waals surface area contributed by atoms with Crippen molar-refractivity contribution in [1.29, 1.82) is 0 Å². The minimum absolute atomic E-state index is 0.166. The Balaban J connectivity index is 1.35. The maximum absolute atomic E-state index is 12.3. The van der Waals surface area contributed by atoms with Crippen LogP contribution >= 0.6 is 0 Å². The number of aromatic nitrogens is 3. The second kappa shape index (κ2) is 10.9. The monoisotopic (exact) mass is 428 g/mol. The molecule has 0 radical (unpaired) electrons. The number of nitrogens with zero attached hydrogens (tertiary/aromatic N) is 3. The summed E-state index contributed by atoms with van der Waals surface area (Å²) in [5, 5.41) is 7.59. The molecule has 4 rings (SSSR count). The summed E-state index contributed by atoms with van der Waals surface area (Å²) in [7, 11) is 0. The molecule has 1 amide bonds. The summed E-state index contributed by atoms with van der Waals surface area (Å²) >= 11 is 0. The van der Waals surface area contributed by atoms with Gasteiger partial charge in [-0.2, -0.15) is 5.10 Å². The van der Waals surface area contributed by atoms with Gasteiger partial charge in [-0.15, -0.1) is 0 Å². The molecular formula is C25H24N4O3. The lowest BCUT2D eigenvalue weighted by molar-refractivity contribution is -0.116. The highest BCUT2D eigenvalue weighted by Gasteiger charge is 2.11. The van der Waals surface area contributed by atoms with Gasteiger partial charge in [0.05, 0.1) is 12.0 Å². The van der Waals surface area contributed by atoms with Gasteiger partial charge in [0.2, 0.25) is 5.91 Å². The zero-order chi connectivity index (χ0) is 22.0. The van der Waals surface area contributed by atoms with E-state index >= 15 is 0 Å². The second-order valence-corrected chi connectivity index (χ2v) is 7.06. The molecule has 0 aliphatic heterocycles. The van der Waals surface area contributed by atoms with Gasteiger partial charge in [0.1, 0.15) is 18.1 Å². The van der Waals surface area contributed by atoms with E-state index in [0.717, 1.165) is 28.3 Å². The van der Waals surface area contributed by atoms with E-state index in [1.165, 1.54) is 6.08 Å². The maximum atomic E-state index is 12.3. The molecule has 3 aromatic heterocycles. The fourth-order valence-electron chi connectivity index (χ4n) is 3.13. The van der Waals surface area contributed by atoms with E-state index in [1.807, 2.05) is 60.8 Å². The van der Waals surface area contributed by atoms with E-state index in [-0.39, 0.29) is 5.91 Å². The van der Waals surface area contributed by atoms with Crippen molar-refractivity contribution in [2.24, 2.45) is 0 Å². The lowest BCUT2D eigenvalue weighted by atomic mass is 10.1. The quantitative estimate of drug-likeness (QED) is 0.301. The van der Waals surface area contributed by atoms with Crippen molar-refractivity contribution in [2.75, 3.05) is 13.2 Å². The summed E-state index contributed by atoms with van der Waals surface area (Å²) in [5.41, 5.74) is 3.42. The Bertz CT molecular complexity index is 1140. The number of amides is 1. The lowest BCUT2D eigenvalue weighted by Gasteiger charge is -2.03. The average molecular weight is 428 g/mol. The summed E-state index contributed by atoms with van der Waals surface area (Å²) in [6.45, 7) is 1.50. The number of furan rings is 1. The zero-order valence-electron chi connectivity index (χ0n) is 17.6. The Morgan fingerprint density at radius 3 is 2.81 bits per heavy atom. The number of rotatable bonds is 10. The Hall–Kier alpha value is -3.97. The van der Waals surface area contributed by atoms with Gasteiger partial charge >= 0.3 is 0 Å². The lowest BCUT2D eigenvalue weighted by Crippen LogP contribution is -2.23. The van der Waals surface area contributed by atoms with Crippen LogP contribution in [0.4, 0.5) is 0 Å². The van der Waals surface area contributed by atoms with E-state index in [4.69, 9.17) is 14.3 Å². The molecule has 3 heterocycles. The van der Waals surface area contributed by atoms with E-state index < -0.39 is 0 Å². The molecule has 162 valence electrons. The van der Waals surface area contributed by atoms with Crippen LogP contribution in [-0.2, 0) is 16.1 Å². The highest BCUT2D eigenvalue weighted by molar-refractivity contribution is 5.92. The maximum Gasteiger partial charge on any atom is 0.244 e. The number of para-hydroxylation sites is 1. The molecule has 7 nitrogen and oxygen atoms in total. The van der Waals surface area contributed by atoms with E-state index in [1.54, 1.807) is 29.4 Å². The Kier molecular flexibility index (Phi) is 7.23. The van der Waals surface area contributed by atoms with Crippen molar-refractivity contribution in [2.45, 2.75) is 13.0 Å². The summed E-state index contributed by atoms with van der Waals surface area (Å²) in [4.78, 5) is 16.5. The number of benzene rings is 1. The van der Waals surface area contributed by atoms with Crippen molar-refractivity contribution < 1.29 is 13.9 Å². The number of carbonyl (C=O) groups excluding carboxylic acids is 1. The van der Waals surface area contributed by atoms with E-state index in [9.17, 15) is 4.79 Å². The molecule has 1 N–H and O–H groups in total. The van der Waals surface area contributed by atoms with Gasteiger partial charge < -0.3 is 14.5 Å². The summed E-state index contributed by atoms with van der Waals surface area (Å²) in [6, 6.07) is 17.4. The third-order valence-corrected chi connectivity index (χ3v) is 4.70. The normalized spacial score (nSPS) is 11.1. The predicted molar refractivity (Wildman–Crippen MR) is 122 cm³/mol. The van der Waals surface area contributed by atoms with Gasteiger partial charge in [-0.05, 0) is 48.9 Å². The largest absolute Gasteiger partial charge is 0.467 e. The minimum atomic E-state index is -0.166. The van der Waals surface area contributed by atoms with Gasteiger partial charge in [-0.1, -0.05) is 18.2 Å². The average Bonchev–Trinajstić information content (AvgIpc) is 3.51. The number of hydrogen-bond acceptors (Lipinski definition) is 5. The minimum Gasteiger partial charge on any atom is -0.467 e. The standard InChI is InChI=1S/C25H24N4O3/c30-24(27-14-6-15-31-19-23-10-5-16-32-23)12-11-21-18-29(22-8-2-1-3-9-22)28-25(21)20-7-4-13-26-17-20/h1-5,7-13,16-18H,6,14-15,19H2,(H,27,30).